The molecule has 170 valence electrons. The Hall–Kier alpha value is -2.16. The molecule has 0 radical (unpaired) electrons. The van der Waals surface area contributed by atoms with Crippen LogP contribution in [-0.4, -0.2) is 73.4 Å². The van der Waals surface area contributed by atoms with Crippen molar-refractivity contribution in [1.82, 2.24) is 10.2 Å². The fourth-order valence-corrected chi connectivity index (χ4v) is 5.02. The quantitative estimate of drug-likeness (QED) is 0.607. The van der Waals surface area contributed by atoms with Crippen molar-refractivity contribution in [2.75, 3.05) is 32.6 Å². The van der Waals surface area contributed by atoms with E-state index in [9.17, 15) is 14.7 Å². The maximum Gasteiger partial charge on any atom is 0.238 e. The Labute approximate surface area is 183 Å². The van der Waals surface area contributed by atoms with Gasteiger partial charge in [-0.2, -0.15) is 0 Å². The second-order valence-corrected chi connectivity index (χ2v) is 9.20. The first-order valence-electron chi connectivity index (χ1n) is 11.2. The number of hydrogen-bond acceptors (Lipinski definition) is 6. The van der Waals surface area contributed by atoms with Gasteiger partial charge in [-0.15, -0.1) is 0 Å². The highest BCUT2D eigenvalue weighted by atomic mass is 16.6. The molecule has 8 nitrogen and oxygen atoms in total. The van der Waals surface area contributed by atoms with Crippen molar-refractivity contribution in [3.8, 4) is 5.75 Å². The normalized spacial score (nSPS) is 27.5. The van der Waals surface area contributed by atoms with Gasteiger partial charge in [0.2, 0.25) is 11.8 Å². The third kappa shape index (κ3) is 5.19. The van der Waals surface area contributed by atoms with E-state index in [-0.39, 0.29) is 49.0 Å². The van der Waals surface area contributed by atoms with Gasteiger partial charge in [0.25, 0.3) is 0 Å². The zero-order valence-electron chi connectivity index (χ0n) is 18.3. The van der Waals surface area contributed by atoms with Crippen molar-refractivity contribution in [3.63, 3.8) is 0 Å². The molecule has 1 saturated carbocycles. The van der Waals surface area contributed by atoms with Gasteiger partial charge in [0.05, 0.1) is 25.7 Å². The zero-order valence-corrected chi connectivity index (χ0v) is 18.3. The first-order valence-corrected chi connectivity index (χ1v) is 11.2. The molecular formula is C23H33N3O5. The Kier molecular flexibility index (Phi) is 6.79. The Morgan fingerprint density at radius 1 is 1.19 bits per heavy atom. The van der Waals surface area contributed by atoms with E-state index in [1.165, 1.54) is 12.8 Å². The van der Waals surface area contributed by atoms with E-state index in [0.29, 0.717) is 13.0 Å². The van der Waals surface area contributed by atoms with Crippen LogP contribution in [0.3, 0.4) is 0 Å². The molecule has 1 aromatic rings. The topological polar surface area (TPSA) is 100 Å². The molecule has 8 heteroatoms. The lowest BCUT2D eigenvalue weighted by Crippen LogP contribution is -2.47. The number of fused-ring (bicyclic) bond motifs is 3. The molecule has 1 aromatic carbocycles. The average Bonchev–Trinajstić information content (AvgIpc) is 3.34. The molecule has 0 spiro atoms. The van der Waals surface area contributed by atoms with E-state index >= 15 is 0 Å². The molecule has 3 N–H and O–H groups in total. The summed E-state index contributed by atoms with van der Waals surface area (Å²) in [7, 11) is 3.70. The molecule has 1 aliphatic carbocycles. The Morgan fingerprint density at radius 2 is 1.97 bits per heavy atom. The van der Waals surface area contributed by atoms with E-state index < -0.39 is 6.10 Å². The summed E-state index contributed by atoms with van der Waals surface area (Å²) in [6, 6.07) is 5.91. The summed E-state index contributed by atoms with van der Waals surface area (Å²) in [6.45, 7) is 0.139. The molecule has 3 aliphatic rings. The number of rotatable bonds is 7. The van der Waals surface area contributed by atoms with Crippen LogP contribution in [0.25, 0.3) is 0 Å². The summed E-state index contributed by atoms with van der Waals surface area (Å²) in [5.74, 6) is 0.688. The summed E-state index contributed by atoms with van der Waals surface area (Å²) in [6.07, 6.45) is 4.30. The third-order valence-electron chi connectivity index (χ3n) is 6.38. The van der Waals surface area contributed by atoms with Crippen molar-refractivity contribution in [2.24, 2.45) is 0 Å². The molecular weight excluding hydrogens is 398 g/mol. The number of nitrogens with zero attached hydrogens (tertiary/aromatic N) is 1. The van der Waals surface area contributed by atoms with Crippen LogP contribution in [0.5, 0.6) is 5.75 Å². The molecule has 0 aromatic heterocycles. The van der Waals surface area contributed by atoms with Gasteiger partial charge in [-0.05, 0) is 51.6 Å². The standard InChI is InChI=1S/C23H33N3O5/c1-26(2)12-22(29)25-15-7-8-19-17(9-15)18-10-16(30-20(13-27)23(18)31-19)11-21(28)24-14-5-3-4-6-14/h7-9,14,16,18,20,23,27H,3-6,10-13H2,1-2H3,(H,24,28)(H,25,29)/t16-,18-,20+,23+/m1/s1. The van der Waals surface area contributed by atoms with E-state index in [4.69, 9.17) is 9.47 Å². The van der Waals surface area contributed by atoms with Gasteiger partial charge in [0.15, 0.2) is 0 Å². The number of anilines is 1. The number of carbonyl (C=O) groups excluding carboxylic acids is 2. The number of ether oxygens (including phenoxy) is 2. The van der Waals surface area contributed by atoms with Crippen molar-refractivity contribution in [3.05, 3.63) is 23.8 Å². The Morgan fingerprint density at radius 3 is 2.68 bits per heavy atom. The maximum absolute atomic E-state index is 12.5. The number of hydrogen-bond donors (Lipinski definition) is 3. The highest BCUT2D eigenvalue weighted by Crippen LogP contribution is 2.47. The summed E-state index contributed by atoms with van der Waals surface area (Å²) >= 11 is 0. The van der Waals surface area contributed by atoms with Crippen molar-refractivity contribution in [2.45, 2.75) is 68.8 Å². The average molecular weight is 432 g/mol. The summed E-state index contributed by atoms with van der Waals surface area (Å²) < 4.78 is 12.1. The van der Waals surface area contributed by atoms with Crippen molar-refractivity contribution >= 4 is 17.5 Å². The lowest BCUT2D eigenvalue weighted by atomic mass is 9.84. The third-order valence-corrected chi connectivity index (χ3v) is 6.38. The smallest absolute Gasteiger partial charge is 0.238 e. The molecule has 0 unspecified atom stereocenters. The van der Waals surface area contributed by atoms with Crippen LogP contribution in [0.15, 0.2) is 18.2 Å². The van der Waals surface area contributed by atoms with Crippen LogP contribution in [0.2, 0.25) is 0 Å². The minimum absolute atomic E-state index is 0.0101. The van der Waals surface area contributed by atoms with Crippen LogP contribution >= 0.6 is 0 Å². The lowest BCUT2D eigenvalue weighted by Gasteiger charge is -2.37. The maximum atomic E-state index is 12.5. The Balaban J connectivity index is 1.44. The minimum Gasteiger partial charge on any atom is -0.487 e. The van der Waals surface area contributed by atoms with Crippen molar-refractivity contribution in [1.29, 1.82) is 0 Å². The van der Waals surface area contributed by atoms with Crippen LogP contribution in [0.4, 0.5) is 5.69 Å². The van der Waals surface area contributed by atoms with E-state index in [0.717, 1.165) is 29.8 Å². The number of likely N-dealkylation sites (N-methyl/N-ethyl adjacent to an activating group) is 1. The first kappa shape index (κ1) is 22.0. The number of carbonyl (C=O) groups is 2. The number of nitrogens with one attached hydrogen (secondary N) is 2. The first-order chi connectivity index (χ1) is 14.9. The van der Waals surface area contributed by atoms with Gasteiger partial charge in [0, 0.05) is 23.2 Å². The molecule has 2 fully saturated rings. The van der Waals surface area contributed by atoms with Gasteiger partial charge in [-0.25, -0.2) is 0 Å². The van der Waals surface area contributed by atoms with Gasteiger partial charge < -0.3 is 30.1 Å². The minimum atomic E-state index is -0.484. The summed E-state index contributed by atoms with van der Waals surface area (Å²) in [5.41, 5.74) is 1.72. The van der Waals surface area contributed by atoms with Gasteiger partial charge in [-0.3, -0.25) is 9.59 Å². The largest absolute Gasteiger partial charge is 0.487 e. The molecule has 2 aliphatic heterocycles. The summed E-state index contributed by atoms with van der Waals surface area (Å²) in [4.78, 5) is 26.5. The molecule has 4 rings (SSSR count). The fourth-order valence-electron chi connectivity index (χ4n) is 5.02. The molecule has 4 atom stereocenters. The summed E-state index contributed by atoms with van der Waals surface area (Å²) in [5, 5.41) is 15.9. The molecule has 1 saturated heterocycles. The molecule has 2 heterocycles. The van der Waals surface area contributed by atoms with Gasteiger partial charge in [0.1, 0.15) is 18.0 Å². The molecule has 0 bridgehead atoms. The van der Waals surface area contributed by atoms with Crippen LogP contribution in [-0.2, 0) is 14.3 Å². The second kappa shape index (κ2) is 9.54. The van der Waals surface area contributed by atoms with Crippen LogP contribution < -0.4 is 15.4 Å². The molecule has 2 amide bonds. The Bertz CT molecular complexity index is 808. The van der Waals surface area contributed by atoms with E-state index in [1.54, 1.807) is 0 Å². The van der Waals surface area contributed by atoms with Crippen LogP contribution in [0.1, 0.15) is 50.0 Å². The monoisotopic (exact) mass is 431 g/mol. The lowest BCUT2D eigenvalue weighted by molar-refractivity contribution is -0.142. The zero-order chi connectivity index (χ0) is 22.0. The number of aliphatic hydroxyl groups is 1. The SMILES string of the molecule is CN(C)CC(=O)Nc1ccc2c(c1)[C@H]1C[C@H](CC(=O)NC3CCCC3)O[C@@H](CO)[C@H]1O2. The predicted octanol–water partition coefficient (Wildman–Crippen LogP) is 1.63. The highest BCUT2D eigenvalue weighted by Gasteiger charge is 2.46. The van der Waals surface area contributed by atoms with Crippen LogP contribution in [0, 0.1) is 0 Å². The molecule has 31 heavy (non-hydrogen) atoms. The number of benzene rings is 1. The number of aliphatic hydroxyl groups excluding tert-OH is 1. The van der Waals surface area contributed by atoms with Gasteiger partial charge in [-0.1, -0.05) is 12.8 Å². The second-order valence-electron chi connectivity index (χ2n) is 9.20. The van der Waals surface area contributed by atoms with E-state index in [2.05, 4.69) is 10.6 Å². The highest BCUT2D eigenvalue weighted by molar-refractivity contribution is 5.92. The number of amides is 2. The fraction of sp³-hybridized carbons (Fsp3) is 0.652. The predicted molar refractivity (Wildman–Crippen MR) is 116 cm³/mol. The van der Waals surface area contributed by atoms with E-state index in [1.807, 2.05) is 37.2 Å². The van der Waals surface area contributed by atoms with Crippen molar-refractivity contribution < 1.29 is 24.2 Å². The van der Waals surface area contributed by atoms with Gasteiger partial charge >= 0.3 is 0 Å².